The Morgan fingerprint density at radius 1 is 1.45 bits per heavy atom. The molecule has 0 bridgehead atoms. The number of aryl methyl sites for hydroxylation is 2. The Labute approximate surface area is 134 Å². The summed E-state index contributed by atoms with van der Waals surface area (Å²) < 4.78 is 5.49. The van der Waals surface area contributed by atoms with Crippen LogP contribution in [-0.2, 0) is 9.53 Å². The molecule has 22 heavy (non-hydrogen) atoms. The normalized spacial score (nSPS) is 23.5. The first-order chi connectivity index (χ1) is 10.5. The summed E-state index contributed by atoms with van der Waals surface area (Å²) in [5.41, 5.74) is 0.813. The van der Waals surface area contributed by atoms with Gasteiger partial charge in [-0.3, -0.25) is 9.59 Å². The smallest absolute Gasteiger partial charge is 0.312 e. The predicted octanol–water partition coefficient (Wildman–Crippen LogP) is 1.78. The van der Waals surface area contributed by atoms with Crippen molar-refractivity contribution in [3.8, 4) is 0 Å². The van der Waals surface area contributed by atoms with Crippen LogP contribution in [0.15, 0.2) is 6.07 Å². The highest BCUT2D eigenvalue weighted by atomic mass is 32.1. The molecule has 3 rings (SSSR count). The molecule has 1 aromatic rings. The minimum atomic E-state index is -0.323. The summed E-state index contributed by atoms with van der Waals surface area (Å²) in [7, 11) is 0. The number of ether oxygens (including phenoxy) is 1. The van der Waals surface area contributed by atoms with E-state index in [1.54, 1.807) is 0 Å². The van der Waals surface area contributed by atoms with E-state index in [2.05, 4.69) is 10.6 Å². The van der Waals surface area contributed by atoms with Crippen molar-refractivity contribution in [1.29, 1.82) is 0 Å². The number of thiophene rings is 1. The van der Waals surface area contributed by atoms with Gasteiger partial charge in [0, 0.05) is 11.3 Å². The van der Waals surface area contributed by atoms with Crippen molar-refractivity contribution in [2.24, 2.45) is 5.41 Å². The number of esters is 1. The monoisotopic (exact) mass is 322 g/mol. The van der Waals surface area contributed by atoms with E-state index in [1.807, 2.05) is 19.9 Å². The molecule has 0 radical (unpaired) electrons. The van der Waals surface area contributed by atoms with Crippen LogP contribution < -0.4 is 10.6 Å². The third-order valence-corrected chi connectivity index (χ3v) is 5.92. The highest BCUT2D eigenvalue weighted by Gasteiger charge is 2.49. The second-order valence-corrected chi connectivity index (χ2v) is 7.58. The molecule has 3 heterocycles. The van der Waals surface area contributed by atoms with Gasteiger partial charge in [0.1, 0.15) is 6.10 Å². The Morgan fingerprint density at radius 3 is 2.82 bits per heavy atom. The Balaban J connectivity index is 1.56. The van der Waals surface area contributed by atoms with Crippen molar-refractivity contribution in [2.45, 2.75) is 39.2 Å². The Kier molecular flexibility index (Phi) is 4.23. The maximum atomic E-state index is 12.2. The highest BCUT2D eigenvalue weighted by Crippen LogP contribution is 2.41. The number of carbonyl (C=O) groups excluding carboxylic acids is 2. The van der Waals surface area contributed by atoms with Gasteiger partial charge in [0.05, 0.1) is 16.8 Å². The van der Waals surface area contributed by atoms with Crippen molar-refractivity contribution in [3.63, 3.8) is 0 Å². The fourth-order valence-electron chi connectivity index (χ4n) is 3.24. The van der Waals surface area contributed by atoms with Crippen molar-refractivity contribution in [3.05, 3.63) is 21.4 Å². The Hall–Kier alpha value is -1.40. The molecule has 0 aromatic carbocycles. The van der Waals surface area contributed by atoms with Gasteiger partial charge in [-0.05, 0) is 51.4 Å². The number of cyclic esters (lactones) is 1. The van der Waals surface area contributed by atoms with Crippen molar-refractivity contribution < 1.29 is 14.3 Å². The molecular formula is C16H22N2O3S. The first-order valence-corrected chi connectivity index (χ1v) is 8.59. The molecule has 6 heteroatoms. The van der Waals surface area contributed by atoms with E-state index in [0.717, 1.165) is 47.7 Å². The Bertz CT molecular complexity index is 571. The first kappa shape index (κ1) is 15.5. The molecule has 0 saturated carbocycles. The van der Waals surface area contributed by atoms with E-state index in [9.17, 15) is 9.59 Å². The molecule has 1 atom stereocenters. The lowest BCUT2D eigenvalue weighted by molar-refractivity contribution is -0.149. The summed E-state index contributed by atoms with van der Waals surface area (Å²) in [6.07, 6.45) is 2.19. The summed E-state index contributed by atoms with van der Waals surface area (Å²) in [6.45, 7) is 6.14. The lowest BCUT2D eigenvalue weighted by Crippen LogP contribution is -2.39. The van der Waals surface area contributed by atoms with Crippen LogP contribution in [0.25, 0.3) is 0 Å². The molecule has 1 unspecified atom stereocenters. The van der Waals surface area contributed by atoms with E-state index < -0.39 is 0 Å². The summed E-state index contributed by atoms with van der Waals surface area (Å²) in [5.74, 6) is -0.167. The van der Waals surface area contributed by atoms with Crippen molar-refractivity contribution in [1.82, 2.24) is 10.6 Å². The van der Waals surface area contributed by atoms with Crippen LogP contribution in [0.2, 0.25) is 0 Å². The summed E-state index contributed by atoms with van der Waals surface area (Å²) >= 11 is 1.50. The third kappa shape index (κ3) is 2.90. The maximum Gasteiger partial charge on any atom is 0.312 e. The number of nitrogens with one attached hydrogen (secondary N) is 2. The van der Waals surface area contributed by atoms with Gasteiger partial charge in [0.2, 0.25) is 0 Å². The number of amides is 1. The van der Waals surface area contributed by atoms with Gasteiger partial charge in [-0.15, -0.1) is 11.3 Å². The highest BCUT2D eigenvalue weighted by molar-refractivity contribution is 7.14. The molecule has 1 aromatic heterocycles. The Morgan fingerprint density at radius 2 is 2.18 bits per heavy atom. The van der Waals surface area contributed by atoms with E-state index in [0.29, 0.717) is 6.54 Å². The molecule has 2 fully saturated rings. The number of hydrogen-bond acceptors (Lipinski definition) is 5. The molecular weight excluding hydrogens is 300 g/mol. The average Bonchev–Trinajstić information content (AvgIpc) is 2.99. The topological polar surface area (TPSA) is 67.4 Å². The van der Waals surface area contributed by atoms with Gasteiger partial charge >= 0.3 is 5.97 Å². The number of hydrogen-bond donors (Lipinski definition) is 2. The quantitative estimate of drug-likeness (QED) is 0.833. The minimum absolute atomic E-state index is 0.0801. The van der Waals surface area contributed by atoms with E-state index in [4.69, 9.17) is 4.74 Å². The molecule has 5 nitrogen and oxygen atoms in total. The van der Waals surface area contributed by atoms with Gasteiger partial charge in [-0.2, -0.15) is 0 Å². The van der Waals surface area contributed by atoms with Crippen LogP contribution in [0.3, 0.4) is 0 Å². The molecule has 0 aliphatic carbocycles. The van der Waals surface area contributed by atoms with Gasteiger partial charge in [-0.25, -0.2) is 0 Å². The zero-order valence-corrected chi connectivity index (χ0v) is 13.8. The van der Waals surface area contributed by atoms with Crippen molar-refractivity contribution >= 4 is 23.2 Å². The van der Waals surface area contributed by atoms with Crippen LogP contribution in [0.5, 0.6) is 0 Å². The van der Waals surface area contributed by atoms with E-state index in [1.165, 1.54) is 11.3 Å². The zero-order chi connectivity index (χ0) is 15.7. The molecule has 2 aliphatic rings. The van der Waals surface area contributed by atoms with Gasteiger partial charge < -0.3 is 15.4 Å². The number of rotatable bonds is 3. The summed E-state index contributed by atoms with van der Waals surface area (Å²) in [6, 6.07) is 1.91. The lowest BCUT2D eigenvalue weighted by atomic mass is 9.76. The molecule has 120 valence electrons. The summed E-state index contributed by atoms with van der Waals surface area (Å²) in [4.78, 5) is 26.2. The van der Waals surface area contributed by atoms with Gasteiger partial charge in [-0.1, -0.05) is 0 Å². The fraction of sp³-hybridized carbons (Fsp3) is 0.625. The molecule has 2 saturated heterocycles. The molecule has 2 N–H and O–H groups in total. The minimum Gasteiger partial charge on any atom is -0.460 e. The van der Waals surface area contributed by atoms with Crippen LogP contribution in [0.4, 0.5) is 0 Å². The van der Waals surface area contributed by atoms with Gasteiger partial charge in [0.15, 0.2) is 0 Å². The molecule has 1 spiro atoms. The second kappa shape index (κ2) is 6.01. The molecule has 2 aliphatic heterocycles. The second-order valence-electron chi connectivity index (χ2n) is 6.32. The first-order valence-electron chi connectivity index (χ1n) is 7.77. The van der Waals surface area contributed by atoms with Gasteiger partial charge in [0.25, 0.3) is 5.91 Å². The van der Waals surface area contributed by atoms with Crippen LogP contribution in [0, 0.1) is 19.3 Å². The lowest BCUT2D eigenvalue weighted by Gasteiger charge is -2.29. The average molecular weight is 322 g/mol. The molecule has 1 amide bonds. The third-order valence-electron chi connectivity index (χ3n) is 4.77. The van der Waals surface area contributed by atoms with Crippen LogP contribution in [-0.4, -0.2) is 37.6 Å². The SMILES string of the molecule is Cc1cc(C(=O)NCC2CC3(CCNCC3)C(=O)O2)sc1C. The van der Waals surface area contributed by atoms with Crippen molar-refractivity contribution in [2.75, 3.05) is 19.6 Å². The van der Waals surface area contributed by atoms with E-state index >= 15 is 0 Å². The standard InChI is InChI=1S/C16H22N2O3S/c1-10-7-13(22-11(10)2)14(19)18-9-12-8-16(15(20)21-12)3-5-17-6-4-16/h7,12,17H,3-6,8-9H2,1-2H3,(H,18,19). The number of piperidine rings is 1. The zero-order valence-electron chi connectivity index (χ0n) is 13.0. The largest absolute Gasteiger partial charge is 0.460 e. The van der Waals surface area contributed by atoms with Crippen LogP contribution >= 0.6 is 11.3 Å². The van der Waals surface area contributed by atoms with Crippen LogP contribution in [0.1, 0.15) is 39.4 Å². The number of carbonyl (C=O) groups is 2. The van der Waals surface area contributed by atoms with E-state index in [-0.39, 0.29) is 23.4 Å². The summed E-state index contributed by atoms with van der Waals surface area (Å²) in [5, 5.41) is 6.18. The predicted molar refractivity (Wildman–Crippen MR) is 85.2 cm³/mol. The fourth-order valence-corrected chi connectivity index (χ4v) is 4.19. The maximum absolute atomic E-state index is 12.2.